The van der Waals surface area contributed by atoms with Crippen molar-refractivity contribution in [3.8, 4) is 0 Å². The Morgan fingerprint density at radius 1 is 1.05 bits per heavy atom. The van der Waals surface area contributed by atoms with Crippen LogP contribution < -0.4 is 0 Å². The van der Waals surface area contributed by atoms with E-state index in [9.17, 15) is 13.9 Å². The zero-order valence-electron chi connectivity index (χ0n) is 10.4. The van der Waals surface area contributed by atoms with Crippen molar-refractivity contribution in [2.24, 2.45) is 0 Å². The van der Waals surface area contributed by atoms with Crippen LogP contribution in [-0.4, -0.2) is 11.0 Å². The Morgan fingerprint density at radius 3 is 2.35 bits per heavy atom. The predicted molar refractivity (Wildman–Crippen MR) is 76.1 cm³/mol. The molecule has 0 spiro atoms. The molecule has 0 aromatic heterocycles. The molecule has 0 aliphatic heterocycles. The smallest absolute Gasteiger partial charge is 0.159 e. The van der Waals surface area contributed by atoms with E-state index in [0.29, 0.717) is 10.6 Å². The molecule has 1 unspecified atom stereocenters. The molecule has 106 valence electrons. The minimum atomic E-state index is -1.51. The van der Waals surface area contributed by atoms with Gasteiger partial charge < -0.3 is 5.11 Å². The average Bonchev–Trinajstić information content (AvgIpc) is 2.44. The first-order valence-electron chi connectivity index (χ1n) is 5.93. The fourth-order valence-corrected chi connectivity index (χ4v) is 2.42. The molecular weight excluding hydrogens is 305 g/mol. The van der Waals surface area contributed by atoms with Crippen LogP contribution in [-0.2, 0) is 12.0 Å². The van der Waals surface area contributed by atoms with Gasteiger partial charge in [-0.25, -0.2) is 8.78 Å². The van der Waals surface area contributed by atoms with Crippen LogP contribution in [0.3, 0.4) is 0 Å². The van der Waals surface area contributed by atoms with Crippen LogP contribution in [0.1, 0.15) is 11.1 Å². The molecule has 2 rings (SSSR count). The van der Waals surface area contributed by atoms with Gasteiger partial charge in [0.2, 0.25) is 0 Å². The normalized spacial score (nSPS) is 14.1. The molecule has 1 nitrogen and oxygen atoms in total. The number of hydrogen-bond donors (Lipinski definition) is 1. The van der Waals surface area contributed by atoms with Crippen LogP contribution in [0.5, 0.6) is 0 Å². The molecular formula is C15H12Cl2F2O. The number of hydrogen-bond acceptors (Lipinski definition) is 1. The van der Waals surface area contributed by atoms with Crippen molar-refractivity contribution in [1.82, 2.24) is 0 Å². The summed E-state index contributed by atoms with van der Waals surface area (Å²) in [5.74, 6) is -2.16. The van der Waals surface area contributed by atoms with E-state index in [0.717, 1.165) is 12.1 Å². The van der Waals surface area contributed by atoms with Crippen molar-refractivity contribution in [2.75, 3.05) is 5.88 Å². The molecule has 1 N–H and O–H groups in total. The summed E-state index contributed by atoms with van der Waals surface area (Å²) < 4.78 is 26.3. The van der Waals surface area contributed by atoms with E-state index < -0.39 is 17.2 Å². The molecule has 5 heteroatoms. The van der Waals surface area contributed by atoms with Gasteiger partial charge in [0.25, 0.3) is 0 Å². The zero-order valence-corrected chi connectivity index (χ0v) is 11.9. The SMILES string of the molecule is OC(CCl)(Cc1ccccc1Cl)c1ccc(F)c(F)c1. The van der Waals surface area contributed by atoms with Gasteiger partial charge in [-0.3, -0.25) is 0 Å². The first-order chi connectivity index (χ1) is 9.46. The summed E-state index contributed by atoms with van der Waals surface area (Å²) in [5.41, 5.74) is -0.616. The Bertz CT molecular complexity index is 619. The number of benzene rings is 2. The van der Waals surface area contributed by atoms with Crippen LogP contribution in [0.15, 0.2) is 42.5 Å². The summed E-state index contributed by atoms with van der Waals surface area (Å²) in [6, 6.07) is 10.2. The second-order valence-corrected chi connectivity index (χ2v) is 5.24. The van der Waals surface area contributed by atoms with Crippen molar-refractivity contribution in [3.63, 3.8) is 0 Å². The third-order valence-corrected chi connectivity index (χ3v) is 3.93. The van der Waals surface area contributed by atoms with Crippen LogP contribution in [0, 0.1) is 11.6 Å². The molecule has 0 amide bonds. The molecule has 0 heterocycles. The highest BCUT2D eigenvalue weighted by molar-refractivity contribution is 6.31. The lowest BCUT2D eigenvalue weighted by Crippen LogP contribution is -2.31. The van der Waals surface area contributed by atoms with E-state index >= 15 is 0 Å². The highest BCUT2D eigenvalue weighted by Crippen LogP contribution is 2.30. The van der Waals surface area contributed by atoms with Gasteiger partial charge in [0.1, 0.15) is 5.60 Å². The topological polar surface area (TPSA) is 20.2 Å². The van der Waals surface area contributed by atoms with E-state index in [2.05, 4.69) is 0 Å². The van der Waals surface area contributed by atoms with Crippen LogP contribution in [0.4, 0.5) is 8.78 Å². The second-order valence-electron chi connectivity index (χ2n) is 4.56. The van der Waals surface area contributed by atoms with Crippen molar-refractivity contribution < 1.29 is 13.9 Å². The van der Waals surface area contributed by atoms with E-state index in [1.165, 1.54) is 6.07 Å². The average molecular weight is 317 g/mol. The van der Waals surface area contributed by atoms with Gasteiger partial charge >= 0.3 is 0 Å². The standard InChI is InChI=1S/C15H12Cl2F2O/c16-9-15(20,8-10-3-1-2-4-12(10)17)11-5-6-13(18)14(19)7-11/h1-7,20H,8-9H2. The lowest BCUT2D eigenvalue weighted by molar-refractivity contribution is 0.0610. The molecule has 0 aliphatic rings. The Labute approximate surface area is 125 Å². The maximum Gasteiger partial charge on any atom is 0.159 e. The van der Waals surface area contributed by atoms with Gasteiger partial charge in [-0.15, -0.1) is 11.6 Å². The van der Waals surface area contributed by atoms with E-state index in [-0.39, 0.29) is 17.9 Å². The number of rotatable bonds is 4. The van der Waals surface area contributed by atoms with Crippen molar-refractivity contribution in [2.45, 2.75) is 12.0 Å². The Kier molecular flexibility index (Phi) is 4.63. The van der Waals surface area contributed by atoms with Crippen LogP contribution in [0.2, 0.25) is 5.02 Å². The molecule has 0 fully saturated rings. The van der Waals surface area contributed by atoms with Gasteiger partial charge in [-0.1, -0.05) is 35.9 Å². The van der Waals surface area contributed by atoms with Crippen molar-refractivity contribution in [3.05, 3.63) is 70.2 Å². The lowest BCUT2D eigenvalue weighted by Gasteiger charge is -2.27. The maximum atomic E-state index is 13.3. The second kappa shape index (κ2) is 6.08. The van der Waals surface area contributed by atoms with Gasteiger partial charge in [-0.05, 0) is 29.3 Å². The van der Waals surface area contributed by atoms with Gasteiger partial charge in [0.15, 0.2) is 11.6 Å². The number of alkyl halides is 1. The molecule has 0 aliphatic carbocycles. The summed E-state index contributed by atoms with van der Waals surface area (Å²) in [7, 11) is 0. The van der Waals surface area contributed by atoms with Crippen LogP contribution in [0.25, 0.3) is 0 Å². The van der Waals surface area contributed by atoms with Crippen molar-refractivity contribution in [1.29, 1.82) is 0 Å². The minimum Gasteiger partial charge on any atom is -0.384 e. The van der Waals surface area contributed by atoms with E-state index in [1.54, 1.807) is 24.3 Å². The molecule has 0 saturated carbocycles. The predicted octanol–water partition coefficient (Wildman–Crippen LogP) is 4.29. The first kappa shape index (κ1) is 15.2. The zero-order chi connectivity index (χ0) is 14.8. The summed E-state index contributed by atoms with van der Waals surface area (Å²) in [6.07, 6.45) is 0.112. The molecule has 0 bridgehead atoms. The van der Waals surface area contributed by atoms with Crippen LogP contribution >= 0.6 is 23.2 Å². The van der Waals surface area contributed by atoms with Crippen molar-refractivity contribution >= 4 is 23.2 Å². The van der Waals surface area contributed by atoms with Gasteiger partial charge in [0.05, 0.1) is 5.88 Å². The van der Waals surface area contributed by atoms with Gasteiger partial charge in [0, 0.05) is 11.4 Å². The Hall–Kier alpha value is -1.16. The highest BCUT2D eigenvalue weighted by Gasteiger charge is 2.30. The fourth-order valence-electron chi connectivity index (χ4n) is 1.97. The molecule has 20 heavy (non-hydrogen) atoms. The number of aliphatic hydroxyl groups is 1. The van der Waals surface area contributed by atoms with E-state index in [1.807, 2.05) is 0 Å². The molecule has 0 saturated heterocycles. The fraction of sp³-hybridized carbons (Fsp3) is 0.200. The third kappa shape index (κ3) is 3.11. The minimum absolute atomic E-state index is 0.112. The molecule has 1 atom stereocenters. The summed E-state index contributed by atoms with van der Waals surface area (Å²) >= 11 is 11.9. The first-order valence-corrected chi connectivity index (χ1v) is 6.85. The molecule has 2 aromatic carbocycles. The summed E-state index contributed by atoms with van der Waals surface area (Å²) in [5, 5.41) is 11.1. The quantitative estimate of drug-likeness (QED) is 0.834. The summed E-state index contributed by atoms with van der Waals surface area (Å²) in [4.78, 5) is 0. The summed E-state index contributed by atoms with van der Waals surface area (Å²) in [6.45, 7) is 0. The molecule has 2 aromatic rings. The lowest BCUT2D eigenvalue weighted by atomic mass is 9.88. The number of halogens is 4. The molecule has 0 radical (unpaired) electrons. The highest BCUT2D eigenvalue weighted by atomic mass is 35.5. The Balaban J connectivity index is 2.38. The maximum absolute atomic E-state index is 13.3. The van der Waals surface area contributed by atoms with E-state index in [4.69, 9.17) is 23.2 Å². The third-order valence-electron chi connectivity index (χ3n) is 3.12. The van der Waals surface area contributed by atoms with Gasteiger partial charge in [-0.2, -0.15) is 0 Å². The Morgan fingerprint density at radius 2 is 1.75 bits per heavy atom. The largest absolute Gasteiger partial charge is 0.384 e. The monoisotopic (exact) mass is 316 g/mol.